The molecule has 0 unspecified atom stereocenters. The molecule has 1 aliphatic rings. The lowest BCUT2D eigenvalue weighted by Gasteiger charge is -2.29. The molecule has 1 aliphatic heterocycles. The van der Waals surface area contributed by atoms with Crippen LogP contribution >= 0.6 is 0 Å². The van der Waals surface area contributed by atoms with Gasteiger partial charge in [0.2, 0.25) is 5.91 Å². The highest BCUT2D eigenvalue weighted by Crippen LogP contribution is 2.18. The maximum atomic E-state index is 13.9. The second-order valence-corrected chi connectivity index (χ2v) is 5.58. The van der Waals surface area contributed by atoms with E-state index in [2.05, 4.69) is 20.8 Å². The molecule has 0 atom stereocenters. The van der Waals surface area contributed by atoms with Crippen molar-refractivity contribution in [2.45, 2.75) is 18.9 Å². The highest BCUT2D eigenvalue weighted by atomic mass is 19.1. The van der Waals surface area contributed by atoms with Crippen molar-refractivity contribution in [3.63, 3.8) is 0 Å². The van der Waals surface area contributed by atoms with Crippen LogP contribution in [0.4, 0.5) is 10.1 Å². The quantitative estimate of drug-likeness (QED) is 0.832. The molecule has 0 aliphatic carbocycles. The third-order valence-electron chi connectivity index (χ3n) is 3.84. The van der Waals surface area contributed by atoms with Gasteiger partial charge < -0.3 is 11.1 Å². The van der Waals surface area contributed by atoms with Crippen LogP contribution in [-0.2, 0) is 4.79 Å². The van der Waals surface area contributed by atoms with E-state index in [0.717, 1.165) is 25.9 Å². The summed E-state index contributed by atoms with van der Waals surface area (Å²) in [6.45, 7) is 1.78. The molecule has 2 heterocycles. The molecule has 1 fully saturated rings. The van der Waals surface area contributed by atoms with Crippen molar-refractivity contribution in [3.05, 3.63) is 30.3 Å². The second-order valence-electron chi connectivity index (χ2n) is 5.58. The van der Waals surface area contributed by atoms with Gasteiger partial charge in [0.1, 0.15) is 12.1 Å². The molecule has 2 aromatic rings. The van der Waals surface area contributed by atoms with Crippen molar-refractivity contribution in [1.82, 2.24) is 25.1 Å². The summed E-state index contributed by atoms with van der Waals surface area (Å²) in [7, 11) is 0. The van der Waals surface area contributed by atoms with Crippen molar-refractivity contribution < 1.29 is 9.18 Å². The van der Waals surface area contributed by atoms with E-state index in [4.69, 9.17) is 5.73 Å². The fourth-order valence-electron chi connectivity index (χ4n) is 2.54. The van der Waals surface area contributed by atoms with Gasteiger partial charge in [-0.15, -0.1) is 5.10 Å². The number of amides is 1. The normalized spacial score (nSPS) is 16.4. The number of nitrogens with zero attached hydrogens (tertiary/aromatic N) is 5. The first kappa shape index (κ1) is 15.5. The average Bonchev–Trinajstić information content (AvgIpc) is 3.06. The summed E-state index contributed by atoms with van der Waals surface area (Å²) in [5, 5.41) is 13.4. The standard InChI is InChI=1S/C14H18FN7O/c15-12-2-1-11(22-9-17-19-20-22)7-13(12)18-14(23)8-21-5-3-10(16)4-6-21/h1-2,7,9-10H,3-6,8,16H2,(H,18,23). The van der Waals surface area contributed by atoms with Crippen molar-refractivity contribution >= 4 is 11.6 Å². The molecule has 1 aromatic carbocycles. The summed E-state index contributed by atoms with van der Waals surface area (Å²) >= 11 is 0. The van der Waals surface area contributed by atoms with Crippen LogP contribution in [0.1, 0.15) is 12.8 Å². The maximum absolute atomic E-state index is 13.9. The smallest absolute Gasteiger partial charge is 0.238 e. The molecule has 1 amide bonds. The first-order valence-electron chi connectivity index (χ1n) is 7.42. The van der Waals surface area contributed by atoms with Crippen LogP contribution in [-0.4, -0.2) is 56.7 Å². The second kappa shape index (κ2) is 6.80. The van der Waals surface area contributed by atoms with E-state index < -0.39 is 5.82 Å². The first-order chi connectivity index (χ1) is 11.1. The molecule has 9 heteroatoms. The van der Waals surface area contributed by atoms with E-state index in [0.29, 0.717) is 5.69 Å². The van der Waals surface area contributed by atoms with E-state index in [-0.39, 0.29) is 24.2 Å². The number of tetrazole rings is 1. The molecule has 1 aromatic heterocycles. The number of piperidine rings is 1. The van der Waals surface area contributed by atoms with Crippen LogP contribution < -0.4 is 11.1 Å². The maximum Gasteiger partial charge on any atom is 0.238 e. The summed E-state index contributed by atoms with van der Waals surface area (Å²) in [4.78, 5) is 14.1. The molecular formula is C14H18FN7O. The summed E-state index contributed by atoms with van der Waals surface area (Å²) in [6.07, 6.45) is 3.14. The highest BCUT2D eigenvalue weighted by molar-refractivity contribution is 5.92. The minimum absolute atomic E-state index is 0.108. The number of likely N-dealkylation sites (tertiary alicyclic amines) is 1. The largest absolute Gasteiger partial charge is 0.328 e. The first-order valence-corrected chi connectivity index (χ1v) is 7.42. The number of rotatable bonds is 4. The molecular weight excluding hydrogens is 301 g/mol. The SMILES string of the molecule is NC1CCN(CC(=O)Nc2cc(-n3cnnn3)ccc2F)CC1. The topological polar surface area (TPSA) is 102 Å². The van der Waals surface area contributed by atoms with E-state index in [1.165, 1.54) is 29.2 Å². The summed E-state index contributed by atoms with van der Waals surface area (Å²) in [6, 6.07) is 4.51. The number of carbonyl (C=O) groups is 1. The summed E-state index contributed by atoms with van der Waals surface area (Å²) in [5.74, 6) is -0.760. The lowest BCUT2D eigenvalue weighted by molar-refractivity contribution is -0.117. The number of anilines is 1. The van der Waals surface area contributed by atoms with Crippen LogP contribution in [0, 0.1) is 5.82 Å². The highest BCUT2D eigenvalue weighted by Gasteiger charge is 2.19. The Morgan fingerprint density at radius 2 is 2.17 bits per heavy atom. The average molecular weight is 319 g/mol. The van der Waals surface area contributed by atoms with Gasteiger partial charge in [0, 0.05) is 19.1 Å². The van der Waals surface area contributed by atoms with E-state index in [9.17, 15) is 9.18 Å². The van der Waals surface area contributed by atoms with Crippen molar-refractivity contribution in [2.24, 2.45) is 5.73 Å². The lowest BCUT2D eigenvalue weighted by atomic mass is 10.1. The van der Waals surface area contributed by atoms with Gasteiger partial charge in [-0.25, -0.2) is 9.07 Å². The lowest BCUT2D eigenvalue weighted by Crippen LogP contribution is -2.43. The molecule has 122 valence electrons. The predicted molar refractivity (Wildman–Crippen MR) is 81.4 cm³/mol. The van der Waals surface area contributed by atoms with Crippen molar-refractivity contribution in [2.75, 3.05) is 25.0 Å². The van der Waals surface area contributed by atoms with Crippen LogP contribution in [0.25, 0.3) is 5.69 Å². The zero-order valence-electron chi connectivity index (χ0n) is 12.5. The molecule has 3 N–H and O–H groups in total. The van der Waals surface area contributed by atoms with Crippen LogP contribution in [0.5, 0.6) is 0 Å². The zero-order chi connectivity index (χ0) is 16.2. The van der Waals surface area contributed by atoms with Crippen molar-refractivity contribution in [3.8, 4) is 5.69 Å². The number of aromatic nitrogens is 4. The van der Waals surface area contributed by atoms with Gasteiger partial charge in [-0.1, -0.05) is 0 Å². The van der Waals surface area contributed by atoms with Gasteiger partial charge in [0.05, 0.1) is 17.9 Å². The molecule has 0 bridgehead atoms. The Bertz CT molecular complexity index is 668. The van der Waals surface area contributed by atoms with Crippen LogP contribution in [0.3, 0.4) is 0 Å². The third kappa shape index (κ3) is 3.88. The number of benzene rings is 1. The molecule has 3 rings (SSSR count). The predicted octanol–water partition coefficient (Wildman–Crippen LogP) is 0.163. The third-order valence-corrected chi connectivity index (χ3v) is 3.84. The van der Waals surface area contributed by atoms with Gasteiger partial charge in [0.15, 0.2) is 0 Å². The Labute approximate surface area is 132 Å². The van der Waals surface area contributed by atoms with Gasteiger partial charge in [-0.2, -0.15) is 0 Å². The fourth-order valence-corrected chi connectivity index (χ4v) is 2.54. The number of halogens is 1. The number of nitrogens with two attached hydrogens (primary N) is 1. The van der Waals surface area contributed by atoms with Gasteiger partial charge in [0.25, 0.3) is 0 Å². The monoisotopic (exact) mass is 319 g/mol. The molecule has 0 spiro atoms. The van der Waals surface area contributed by atoms with Crippen molar-refractivity contribution in [1.29, 1.82) is 0 Å². The summed E-state index contributed by atoms with van der Waals surface area (Å²) < 4.78 is 15.3. The van der Waals surface area contributed by atoms with E-state index in [1.54, 1.807) is 0 Å². The van der Waals surface area contributed by atoms with Gasteiger partial charge >= 0.3 is 0 Å². The number of nitrogens with one attached hydrogen (secondary N) is 1. The fraction of sp³-hybridized carbons (Fsp3) is 0.429. The Kier molecular flexibility index (Phi) is 4.58. The Hall–Kier alpha value is -2.39. The van der Waals surface area contributed by atoms with E-state index in [1.807, 2.05) is 4.90 Å². The zero-order valence-corrected chi connectivity index (χ0v) is 12.5. The minimum Gasteiger partial charge on any atom is -0.328 e. The van der Waals surface area contributed by atoms with Gasteiger partial charge in [-0.3, -0.25) is 9.69 Å². The Balaban J connectivity index is 1.65. The molecule has 8 nitrogen and oxygen atoms in total. The minimum atomic E-state index is -0.504. The molecule has 0 radical (unpaired) electrons. The molecule has 1 saturated heterocycles. The number of hydrogen-bond donors (Lipinski definition) is 2. The summed E-state index contributed by atoms with van der Waals surface area (Å²) in [5.41, 5.74) is 6.51. The van der Waals surface area contributed by atoms with Crippen LogP contribution in [0.2, 0.25) is 0 Å². The Morgan fingerprint density at radius 3 is 2.87 bits per heavy atom. The van der Waals surface area contributed by atoms with E-state index >= 15 is 0 Å². The molecule has 0 saturated carbocycles. The van der Waals surface area contributed by atoms with Crippen LogP contribution in [0.15, 0.2) is 24.5 Å². The Morgan fingerprint density at radius 1 is 1.39 bits per heavy atom. The van der Waals surface area contributed by atoms with Gasteiger partial charge in [-0.05, 0) is 41.5 Å². The molecule has 23 heavy (non-hydrogen) atoms. The number of hydrogen-bond acceptors (Lipinski definition) is 6. The number of carbonyl (C=O) groups excluding carboxylic acids is 1.